The Kier molecular flexibility index (Phi) is 6.22. The zero-order valence-corrected chi connectivity index (χ0v) is 16.3. The minimum Gasteiger partial charge on any atom is -0.455 e. The number of benzene rings is 2. The van der Waals surface area contributed by atoms with Crippen LogP contribution in [0.15, 0.2) is 60.2 Å². The molecule has 0 bridgehead atoms. The predicted molar refractivity (Wildman–Crippen MR) is 109 cm³/mol. The summed E-state index contributed by atoms with van der Waals surface area (Å²) in [5.74, 6) is -0.941. The molecule has 29 heavy (non-hydrogen) atoms. The summed E-state index contributed by atoms with van der Waals surface area (Å²) in [5, 5.41) is 10.9. The van der Waals surface area contributed by atoms with Crippen molar-refractivity contribution in [3.05, 3.63) is 81.4 Å². The van der Waals surface area contributed by atoms with Crippen LogP contribution < -0.4 is 0 Å². The van der Waals surface area contributed by atoms with E-state index in [-0.39, 0.29) is 23.5 Å². The van der Waals surface area contributed by atoms with Crippen molar-refractivity contribution in [1.82, 2.24) is 0 Å². The Balaban J connectivity index is 1.81. The van der Waals surface area contributed by atoms with Crippen molar-refractivity contribution in [3.63, 3.8) is 0 Å². The van der Waals surface area contributed by atoms with Crippen LogP contribution in [0.4, 0.5) is 5.69 Å². The number of nitrogens with zero attached hydrogens (tertiary/aromatic N) is 1. The Bertz CT molecular complexity index is 929. The van der Waals surface area contributed by atoms with E-state index in [2.05, 4.69) is 0 Å². The standard InChI is InChI=1S/C23H23NO5/c1-2-12-23(13-11-17-7-4-3-5-8-17)16-21(25)20(22(26)29-23)15-18-9-6-10-19(14-18)24(27)28/h3-10,14-15H,2,11-13,16H2,1H3/b20-15-. The fourth-order valence-electron chi connectivity index (χ4n) is 3.70. The van der Waals surface area contributed by atoms with Gasteiger partial charge in [-0.1, -0.05) is 55.8 Å². The van der Waals surface area contributed by atoms with Gasteiger partial charge in [-0.05, 0) is 36.5 Å². The third kappa shape index (κ3) is 4.96. The molecule has 2 aromatic rings. The maximum atomic E-state index is 12.8. The molecule has 1 fully saturated rings. The molecule has 1 saturated heterocycles. The molecule has 0 saturated carbocycles. The number of hydrogen-bond acceptors (Lipinski definition) is 5. The number of nitro benzene ring substituents is 1. The van der Waals surface area contributed by atoms with Gasteiger partial charge in [0.05, 0.1) is 11.3 Å². The Labute approximate surface area is 169 Å². The van der Waals surface area contributed by atoms with E-state index in [4.69, 9.17) is 4.74 Å². The smallest absolute Gasteiger partial charge is 0.342 e. The lowest BCUT2D eigenvalue weighted by Gasteiger charge is -2.37. The second-order valence-corrected chi connectivity index (χ2v) is 7.32. The maximum Gasteiger partial charge on any atom is 0.342 e. The van der Waals surface area contributed by atoms with Gasteiger partial charge in [-0.2, -0.15) is 0 Å². The van der Waals surface area contributed by atoms with E-state index in [0.29, 0.717) is 24.8 Å². The van der Waals surface area contributed by atoms with Crippen LogP contribution in [0.2, 0.25) is 0 Å². The Morgan fingerprint density at radius 1 is 1.10 bits per heavy atom. The van der Waals surface area contributed by atoms with Gasteiger partial charge >= 0.3 is 5.97 Å². The van der Waals surface area contributed by atoms with Crippen molar-refractivity contribution >= 4 is 23.5 Å². The molecule has 0 spiro atoms. The second kappa shape index (κ2) is 8.82. The van der Waals surface area contributed by atoms with Gasteiger partial charge in [-0.3, -0.25) is 14.9 Å². The number of nitro groups is 1. The SMILES string of the molecule is CCCC1(CCc2ccccc2)CC(=O)/C(=C/c2cccc([N+](=O)[O-])c2)C(=O)O1. The largest absolute Gasteiger partial charge is 0.455 e. The quantitative estimate of drug-likeness (QED) is 0.224. The molecule has 0 radical (unpaired) electrons. The first kappa shape index (κ1) is 20.5. The molecule has 1 aliphatic rings. The van der Waals surface area contributed by atoms with Gasteiger partial charge in [0.15, 0.2) is 5.78 Å². The highest BCUT2D eigenvalue weighted by molar-refractivity contribution is 6.22. The molecule has 1 atom stereocenters. The summed E-state index contributed by atoms with van der Waals surface area (Å²) >= 11 is 0. The summed E-state index contributed by atoms with van der Waals surface area (Å²) in [6, 6.07) is 15.7. The monoisotopic (exact) mass is 393 g/mol. The van der Waals surface area contributed by atoms with E-state index in [1.54, 1.807) is 6.07 Å². The van der Waals surface area contributed by atoms with Crippen LogP contribution in [-0.4, -0.2) is 22.3 Å². The third-order valence-electron chi connectivity index (χ3n) is 5.12. The number of aryl methyl sites for hydroxylation is 1. The van der Waals surface area contributed by atoms with Crippen LogP contribution in [0, 0.1) is 10.1 Å². The Morgan fingerprint density at radius 2 is 1.86 bits per heavy atom. The number of hydrogen-bond donors (Lipinski definition) is 0. The first-order chi connectivity index (χ1) is 13.9. The van der Waals surface area contributed by atoms with Gasteiger partial charge in [0.2, 0.25) is 0 Å². The Morgan fingerprint density at radius 3 is 2.52 bits per heavy atom. The van der Waals surface area contributed by atoms with Crippen LogP contribution in [0.5, 0.6) is 0 Å². The van der Waals surface area contributed by atoms with Crippen molar-refractivity contribution in [2.75, 3.05) is 0 Å². The number of non-ortho nitro benzene ring substituents is 1. The van der Waals surface area contributed by atoms with E-state index >= 15 is 0 Å². The van der Waals surface area contributed by atoms with Crippen LogP contribution >= 0.6 is 0 Å². The van der Waals surface area contributed by atoms with Crippen molar-refractivity contribution in [2.24, 2.45) is 0 Å². The molecule has 0 aliphatic carbocycles. The maximum absolute atomic E-state index is 12.8. The van der Waals surface area contributed by atoms with Gasteiger partial charge < -0.3 is 4.74 Å². The minimum atomic E-state index is -0.807. The van der Waals surface area contributed by atoms with Crippen molar-refractivity contribution in [2.45, 2.75) is 44.6 Å². The number of carbonyl (C=O) groups excluding carboxylic acids is 2. The lowest BCUT2D eigenvalue weighted by atomic mass is 9.82. The molecule has 6 heteroatoms. The topological polar surface area (TPSA) is 86.5 Å². The summed E-state index contributed by atoms with van der Waals surface area (Å²) in [7, 11) is 0. The number of carbonyl (C=O) groups is 2. The molecule has 0 N–H and O–H groups in total. The van der Waals surface area contributed by atoms with Crippen LogP contribution in [0.1, 0.15) is 43.7 Å². The fraction of sp³-hybridized carbons (Fsp3) is 0.304. The molecule has 0 aromatic heterocycles. The van der Waals surface area contributed by atoms with E-state index in [9.17, 15) is 19.7 Å². The molecule has 150 valence electrons. The van der Waals surface area contributed by atoms with Crippen LogP contribution in [0.3, 0.4) is 0 Å². The van der Waals surface area contributed by atoms with E-state index in [1.807, 2.05) is 37.3 Å². The van der Waals surface area contributed by atoms with Crippen molar-refractivity contribution < 1.29 is 19.2 Å². The minimum absolute atomic E-state index is 0.0584. The summed E-state index contributed by atoms with van der Waals surface area (Å²) in [5.41, 5.74) is 0.589. The molecular formula is C23H23NO5. The van der Waals surface area contributed by atoms with Gasteiger partial charge in [0, 0.05) is 12.1 Å². The fourth-order valence-corrected chi connectivity index (χ4v) is 3.70. The number of rotatable bonds is 7. The molecule has 0 amide bonds. The lowest BCUT2D eigenvalue weighted by Crippen LogP contribution is -2.44. The van der Waals surface area contributed by atoms with Gasteiger partial charge in [0.25, 0.3) is 5.69 Å². The van der Waals surface area contributed by atoms with Crippen molar-refractivity contribution in [3.8, 4) is 0 Å². The molecule has 3 rings (SSSR count). The van der Waals surface area contributed by atoms with Crippen LogP contribution in [-0.2, 0) is 20.7 Å². The average Bonchev–Trinajstić information content (AvgIpc) is 2.71. The van der Waals surface area contributed by atoms with E-state index < -0.39 is 16.5 Å². The number of Topliss-reactive ketones (excluding diaryl/α,β-unsaturated/α-hetero) is 1. The van der Waals surface area contributed by atoms with Gasteiger partial charge in [0.1, 0.15) is 11.2 Å². The van der Waals surface area contributed by atoms with Gasteiger partial charge in [-0.25, -0.2) is 4.79 Å². The number of cyclic esters (lactones) is 1. The van der Waals surface area contributed by atoms with E-state index in [0.717, 1.165) is 12.0 Å². The first-order valence-electron chi connectivity index (χ1n) is 9.69. The summed E-state index contributed by atoms with van der Waals surface area (Å²) < 4.78 is 5.81. The normalized spacial score (nSPS) is 20.5. The zero-order valence-electron chi connectivity index (χ0n) is 16.3. The lowest BCUT2D eigenvalue weighted by molar-refractivity contribution is -0.384. The number of esters is 1. The first-order valence-corrected chi connectivity index (χ1v) is 9.69. The third-order valence-corrected chi connectivity index (χ3v) is 5.12. The molecular weight excluding hydrogens is 370 g/mol. The number of ether oxygens (including phenoxy) is 1. The molecule has 1 unspecified atom stereocenters. The summed E-state index contributed by atoms with van der Waals surface area (Å²) in [4.78, 5) is 35.9. The van der Waals surface area contributed by atoms with Gasteiger partial charge in [-0.15, -0.1) is 0 Å². The highest BCUT2D eigenvalue weighted by Gasteiger charge is 2.43. The summed E-state index contributed by atoms with van der Waals surface area (Å²) in [6.07, 6.45) is 4.20. The Hall–Kier alpha value is -3.28. The molecule has 1 heterocycles. The molecule has 6 nitrogen and oxygen atoms in total. The average molecular weight is 393 g/mol. The number of ketones is 1. The zero-order chi connectivity index (χ0) is 20.9. The second-order valence-electron chi connectivity index (χ2n) is 7.32. The summed E-state index contributed by atoms with van der Waals surface area (Å²) in [6.45, 7) is 2.00. The van der Waals surface area contributed by atoms with Crippen molar-refractivity contribution in [1.29, 1.82) is 0 Å². The highest BCUT2D eigenvalue weighted by atomic mass is 16.6. The molecule has 2 aromatic carbocycles. The predicted octanol–water partition coefficient (Wildman–Crippen LogP) is 4.67. The highest BCUT2D eigenvalue weighted by Crippen LogP contribution is 2.35. The van der Waals surface area contributed by atoms with Crippen LogP contribution in [0.25, 0.3) is 6.08 Å². The molecule has 1 aliphatic heterocycles. The van der Waals surface area contributed by atoms with E-state index in [1.165, 1.54) is 24.3 Å².